The van der Waals surface area contributed by atoms with Gasteiger partial charge < -0.3 is 44.0 Å². The SMILES string of the molecule is C.C.C=C(C)C(=O)OCCNC(=O)COCOC(=O)C(C)(C)CC.C=C(C)C(=O)OCCOC(=O)C(C)(C)CC.CCC(C)(C)C(=O)O.CCC(C)(C)C(=O)OCCC(=O)O.CCC(C)c1ccc(CSc2ncn[nH]2)cc1.CCC(C)c1ccc(CSc2nnnn2C)cc1. The number of carbonyl (C=O) groups is 8. The van der Waals surface area contributed by atoms with Gasteiger partial charge in [0.25, 0.3) is 0 Å². The summed E-state index contributed by atoms with van der Waals surface area (Å²) in [6, 6.07) is 17.7. The predicted octanol–water partition coefficient (Wildman–Crippen LogP) is 14.1. The van der Waals surface area contributed by atoms with Gasteiger partial charge in [0.2, 0.25) is 11.1 Å². The zero-order chi connectivity index (χ0) is 72.3. The lowest BCUT2D eigenvalue weighted by atomic mass is 9.91. The number of amides is 1. The smallest absolute Gasteiger partial charge is 0.333 e. The molecule has 1 amide bonds. The number of tetrazole rings is 1. The van der Waals surface area contributed by atoms with E-state index < -0.39 is 51.4 Å². The summed E-state index contributed by atoms with van der Waals surface area (Å²) >= 11 is 3.32. The zero-order valence-electron chi connectivity index (χ0n) is 59.2. The Labute approximate surface area is 580 Å². The summed E-state index contributed by atoms with van der Waals surface area (Å²) in [4.78, 5) is 92.2. The molecule has 544 valence electrons. The lowest BCUT2D eigenvalue weighted by molar-refractivity contribution is -0.168. The Morgan fingerprint density at radius 2 is 1.02 bits per heavy atom. The second kappa shape index (κ2) is 50.9. The predicted molar refractivity (Wildman–Crippen MR) is 378 cm³/mol. The van der Waals surface area contributed by atoms with Gasteiger partial charge in [-0.15, -0.1) is 5.10 Å². The molecule has 4 rings (SSSR count). The molecule has 4 N–H and O–H groups in total. The highest BCUT2D eigenvalue weighted by atomic mass is 32.2. The Morgan fingerprint density at radius 3 is 1.39 bits per heavy atom. The number of thioether (sulfide) groups is 2. The molecule has 96 heavy (non-hydrogen) atoms. The van der Waals surface area contributed by atoms with E-state index in [1.165, 1.54) is 48.3 Å². The van der Waals surface area contributed by atoms with Crippen LogP contribution in [0.1, 0.15) is 219 Å². The van der Waals surface area contributed by atoms with Gasteiger partial charge in [0.05, 0.1) is 34.6 Å². The molecule has 0 saturated heterocycles. The van der Waals surface area contributed by atoms with E-state index in [1.807, 2.05) is 48.6 Å². The third-order valence-electron chi connectivity index (χ3n) is 14.8. The van der Waals surface area contributed by atoms with E-state index in [1.54, 1.807) is 76.7 Å². The number of aromatic amines is 1. The van der Waals surface area contributed by atoms with Gasteiger partial charge in [-0.1, -0.05) is 155 Å². The number of rotatable bonds is 33. The van der Waals surface area contributed by atoms with Crippen molar-refractivity contribution < 1.29 is 77.0 Å². The van der Waals surface area contributed by atoms with E-state index in [4.69, 9.17) is 38.6 Å². The van der Waals surface area contributed by atoms with Gasteiger partial charge in [0, 0.05) is 29.7 Å². The van der Waals surface area contributed by atoms with Crippen molar-refractivity contribution in [2.75, 3.05) is 46.4 Å². The second-order valence-corrected chi connectivity index (χ2v) is 26.2. The maximum absolute atomic E-state index is 11.6. The molecular formula is C70H116N8O16S2. The van der Waals surface area contributed by atoms with Crippen molar-refractivity contribution in [3.05, 3.63) is 101 Å². The molecule has 0 aliphatic rings. The van der Waals surface area contributed by atoms with Crippen molar-refractivity contribution >= 4 is 71.2 Å². The van der Waals surface area contributed by atoms with Crippen LogP contribution in [0.4, 0.5) is 0 Å². The van der Waals surface area contributed by atoms with Crippen molar-refractivity contribution in [3.8, 4) is 0 Å². The molecule has 2 heterocycles. The molecule has 0 fully saturated rings. The summed E-state index contributed by atoms with van der Waals surface area (Å²) < 4.78 is 30.9. The number of carboxylic acid groups (broad SMARTS) is 2. The quantitative estimate of drug-likeness (QED) is 0.00859. The molecule has 2 aromatic carbocycles. The van der Waals surface area contributed by atoms with Gasteiger partial charge in [-0.3, -0.25) is 33.9 Å². The standard InChI is InChI=1S/C15H25NO6.C13H18N4S.C13H17N3S.C12H20O4.C9H16O4.C6H12O2.2CH4/c1-6-15(4,5)14(19)22-10-20-9-12(17)16-7-8-21-13(18)11(2)3;1-4-10(2)12-7-5-11(6-8-12)9-18-13-14-15-16-17(13)3;1-3-10(2)12-6-4-11(5-7-12)8-17-13-14-9-15-16-13;1-6-12(4,5)11(14)16-8-7-15-10(13)9(2)3;1-4-9(2,3)8(12)13-6-5-7(10)11;1-4-6(2,3)5(7)8;;/h2,6-10H2,1,3-5H3,(H,16,17);5-8,10H,4,9H2,1-3H3;4-7,9-10H,3,8H2,1-2H3,(H,14,15,16);2,6-8H2,1,3-5H3;4-6H2,1-3H3,(H,10,11);4H2,1-3H3,(H,7,8);2*1H4. The number of nitrogens with one attached hydrogen (secondary N) is 2. The van der Waals surface area contributed by atoms with Gasteiger partial charge >= 0.3 is 41.8 Å². The van der Waals surface area contributed by atoms with Crippen LogP contribution >= 0.6 is 23.5 Å². The van der Waals surface area contributed by atoms with Crippen LogP contribution in [0.5, 0.6) is 0 Å². The fraction of sp³-hybridized carbons (Fsp3) is 0.614. The lowest BCUT2D eigenvalue weighted by Crippen LogP contribution is -2.32. The highest BCUT2D eigenvalue weighted by Gasteiger charge is 2.29. The first-order valence-electron chi connectivity index (χ1n) is 31.4. The summed E-state index contributed by atoms with van der Waals surface area (Å²) in [5.74, 6) is -0.924. The zero-order valence-corrected chi connectivity index (χ0v) is 60.8. The summed E-state index contributed by atoms with van der Waals surface area (Å²) in [6.07, 6.45) is 6.48. The Morgan fingerprint density at radius 1 is 0.604 bits per heavy atom. The molecule has 0 bridgehead atoms. The van der Waals surface area contributed by atoms with Crippen LogP contribution in [-0.2, 0) is 85.3 Å². The van der Waals surface area contributed by atoms with Crippen LogP contribution in [0, 0.1) is 21.7 Å². The van der Waals surface area contributed by atoms with Gasteiger partial charge in [-0.05, 0) is 152 Å². The molecular weight excluding hydrogens is 1270 g/mol. The van der Waals surface area contributed by atoms with Gasteiger partial charge in [0.1, 0.15) is 39.4 Å². The minimum Gasteiger partial charge on any atom is -0.481 e. The molecule has 0 aliphatic carbocycles. The van der Waals surface area contributed by atoms with Crippen LogP contribution in [0.25, 0.3) is 0 Å². The molecule has 4 aromatic rings. The summed E-state index contributed by atoms with van der Waals surface area (Å²) in [5.41, 5.74) is 3.96. The summed E-state index contributed by atoms with van der Waals surface area (Å²) in [7, 11) is 1.86. The number of carboxylic acids is 2. The second-order valence-electron chi connectivity index (χ2n) is 24.3. The number of nitrogens with zero attached hydrogens (tertiary/aromatic N) is 6. The first-order chi connectivity index (χ1) is 43.9. The van der Waals surface area contributed by atoms with Crippen LogP contribution in [0.3, 0.4) is 0 Å². The number of ether oxygens (including phenoxy) is 6. The number of aromatic nitrogens is 7. The number of H-pyrrole nitrogens is 1. The molecule has 0 saturated carbocycles. The monoisotopic (exact) mass is 1390 g/mol. The maximum atomic E-state index is 11.6. The third-order valence-corrected chi connectivity index (χ3v) is 16.8. The van der Waals surface area contributed by atoms with E-state index in [9.17, 15) is 38.4 Å². The number of benzene rings is 2. The first-order valence-corrected chi connectivity index (χ1v) is 33.4. The average Bonchev–Trinajstić information content (AvgIpc) is 1.45. The summed E-state index contributed by atoms with van der Waals surface area (Å²) in [6.45, 7) is 40.5. The van der Waals surface area contributed by atoms with Crippen molar-refractivity contribution in [3.63, 3.8) is 0 Å². The van der Waals surface area contributed by atoms with Crippen molar-refractivity contribution in [1.82, 2.24) is 40.7 Å². The fourth-order valence-electron chi connectivity index (χ4n) is 5.79. The number of aliphatic carboxylic acids is 2. The van der Waals surface area contributed by atoms with E-state index in [0.29, 0.717) is 48.7 Å². The number of esters is 5. The normalized spacial score (nSPS) is 11.3. The van der Waals surface area contributed by atoms with Crippen LogP contribution in [0.15, 0.2) is 89.5 Å². The Hall–Kier alpha value is -7.45. The topological polar surface area (TPSA) is 330 Å². The number of carbonyl (C=O) groups excluding carboxylic acids is 6. The van der Waals surface area contributed by atoms with Gasteiger partial charge in [0.15, 0.2) is 11.9 Å². The van der Waals surface area contributed by atoms with E-state index >= 15 is 0 Å². The molecule has 2 unspecified atom stereocenters. The summed E-state index contributed by atoms with van der Waals surface area (Å²) in [5, 5.41) is 39.0. The van der Waals surface area contributed by atoms with Crippen LogP contribution in [-0.4, -0.2) is 140 Å². The van der Waals surface area contributed by atoms with E-state index in [2.05, 4.69) is 125 Å². The largest absolute Gasteiger partial charge is 0.481 e. The van der Waals surface area contributed by atoms with Crippen LogP contribution in [0.2, 0.25) is 0 Å². The lowest BCUT2D eigenvalue weighted by Gasteiger charge is -2.20. The van der Waals surface area contributed by atoms with Gasteiger partial charge in [-0.25, -0.2) is 19.3 Å². The highest BCUT2D eigenvalue weighted by Crippen LogP contribution is 2.26. The number of hydrogen-bond acceptors (Lipinski definition) is 21. The molecule has 24 nitrogen and oxygen atoms in total. The average molecular weight is 1390 g/mol. The maximum Gasteiger partial charge on any atom is 0.333 e. The molecule has 2 atom stereocenters. The van der Waals surface area contributed by atoms with E-state index in [-0.39, 0.29) is 85.6 Å². The molecule has 0 spiro atoms. The van der Waals surface area contributed by atoms with Crippen molar-refractivity contribution in [1.29, 1.82) is 0 Å². The van der Waals surface area contributed by atoms with E-state index in [0.717, 1.165) is 21.8 Å². The molecule has 26 heteroatoms. The first kappa shape index (κ1) is 94.9. The Kier molecular flexibility index (Phi) is 50.3. The Balaban J connectivity index is -0.000000537. The minimum atomic E-state index is -0.956. The minimum absolute atomic E-state index is 0. The number of hydrogen-bond donors (Lipinski definition) is 4. The number of aryl methyl sites for hydroxylation is 1. The molecule has 0 radical (unpaired) electrons. The van der Waals surface area contributed by atoms with Crippen molar-refractivity contribution in [2.45, 2.75) is 218 Å². The van der Waals surface area contributed by atoms with Gasteiger partial charge in [-0.2, -0.15) is 5.10 Å². The fourth-order valence-corrected chi connectivity index (χ4v) is 7.33. The molecule has 2 aromatic heterocycles. The highest BCUT2D eigenvalue weighted by molar-refractivity contribution is 7.98. The van der Waals surface area contributed by atoms with Crippen molar-refractivity contribution in [2.24, 2.45) is 28.7 Å². The Bertz CT molecular complexity index is 2890. The third kappa shape index (κ3) is 42.2. The molecule has 0 aliphatic heterocycles. The van der Waals surface area contributed by atoms with Crippen LogP contribution < -0.4 is 5.32 Å².